The Kier molecular flexibility index (Phi) is 4.81. The second-order valence-electron chi connectivity index (χ2n) is 5.04. The molecule has 0 radical (unpaired) electrons. The summed E-state index contributed by atoms with van der Waals surface area (Å²) in [7, 11) is 3.70. The van der Waals surface area contributed by atoms with Gasteiger partial charge in [0.15, 0.2) is 0 Å². The lowest BCUT2D eigenvalue weighted by atomic mass is 10.1. The fourth-order valence-corrected chi connectivity index (χ4v) is 2.56. The van der Waals surface area contributed by atoms with Crippen molar-refractivity contribution in [2.45, 2.75) is 13.5 Å². The van der Waals surface area contributed by atoms with Crippen LogP contribution >= 0.6 is 12.2 Å². The van der Waals surface area contributed by atoms with Crippen molar-refractivity contribution in [1.29, 1.82) is 0 Å². The van der Waals surface area contributed by atoms with Crippen LogP contribution in [0.15, 0.2) is 42.5 Å². The van der Waals surface area contributed by atoms with Crippen molar-refractivity contribution >= 4 is 22.9 Å². The molecule has 2 N–H and O–H groups in total. The summed E-state index contributed by atoms with van der Waals surface area (Å²) in [6.45, 7) is 2.89. The van der Waals surface area contributed by atoms with E-state index in [4.69, 9.17) is 22.7 Å². The molecule has 0 unspecified atom stereocenters. The van der Waals surface area contributed by atoms with E-state index in [0.29, 0.717) is 10.7 Å². The lowest BCUT2D eigenvalue weighted by Crippen LogP contribution is -2.18. The monoisotopic (exact) mass is 300 g/mol. The molecule has 0 saturated carbocycles. The molecular formula is C17H20N2OS. The highest BCUT2D eigenvalue weighted by Crippen LogP contribution is 2.23. The molecule has 0 bridgehead atoms. The fourth-order valence-electron chi connectivity index (χ4n) is 2.40. The number of hydrogen-bond acceptors (Lipinski definition) is 3. The maximum Gasteiger partial charge on any atom is 0.129 e. The van der Waals surface area contributed by atoms with Crippen LogP contribution in [0.2, 0.25) is 0 Å². The van der Waals surface area contributed by atoms with Gasteiger partial charge in [0.1, 0.15) is 10.7 Å². The number of rotatable bonds is 5. The van der Waals surface area contributed by atoms with Gasteiger partial charge in [-0.3, -0.25) is 0 Å². The Morgan fingerprint density at radius 2 is 1.95 bits per heavy atom. The Balaban J connectivity index is 2.26. The second-order valence-corrected chi connectivity index (χ2v) is 5.48. The van der Waals surface area contributed by atoms with Gasteiger partial charge in [0, 0.05) is 19.3 Å². The third-order valence-corrected chi connectivity index (χ3v) is 3.70. The first-order chi connectivity index (χ1) is 10.0. The predicted molar refractivity (Wildman–Crippen MR) is 92.2 cm³/mol. The van der Waals surface area contributed by atoms with E-state index >= 15 is 0 Å². The molecule has 0 fully saturated rings. The number of benzene rings is 2. The van der Waals surface area contributed by atoms with Gasteiger partial charge in [0.25, 0.3) is 0 Å². The second kappa shape index (κ2) is 6.59. The van der Waals surface area contributed by atoms with Crippen molar-refractivity contribution in [1.82, 2.24) is 0 Å². The smallest absolute Gasteiger partial charge is 0.129 e. The first kappa shape index (κ1) is 15.3. The lowest BCUT2D eigenvalue weighted by molar-refractivity contribution is 0.414. The summed E-state index contributed by atoms with van der Waals surface area (Å²) in [6, 6.07) is 14.3. The first-order valence-corrected chi connectivity index (χ1v) is 7.17. The van der Waals surface area contributed by atoms with Gasteiger partial charge in [-0.15, -0.1) is 0 Å². The quantitative estimate of drug-likeness (QED) is 0.860. The van der Waals surface area contributed by atoms with Crippen molar-refractivity contribution in [3.63, 3.8) is 0 Å². The Morgan fingerprint density at radius 3 is 2.57 bits per heavy atom. The average molecular weight is 300 g/mol. The summed E-state index contributed by atoms with van der Waals surface area (Å²) in [5.41, 5.74) is 10.2. The predicted octanol–water partition coefficient (Wildman–Crippen LogP) is 3.27. The van der Waals surface area contributed by atoms with Gasteiger partial charge in [-0.25, -0.2) is 0 Å². The van der Waals surface area contributed by atoms with E-state index in [1.807, 2.05) is 30.3 Å². The topological polar surface area (TPSA) is 38.5 Å². The van der Waals surface area contributed by atoms with E-state index < -0.39 is 0 Å². The van der Waals surface area contributed by atoms with E-state index in [9.17, 15) is 0 Å². The van der Waals surface area contributed by atoms with Crippen LogP contribution in [0.5, 0.6) is 5.75 Å². The highest BCUT2D eigenvalue weighted by molar-refractivity contribution is 7.80. The molecule has 0 amide bonds. The van der Waals surface area contributed by atoms with Gasteiger partial charge >= 0.3 is 0 Å². The van der Waals surface area contributed by atoms with Crippen molar-refractivity contribution in [3.05, 3.63) is 59.2 Å². The molecule has 0 aromatic heterocycles. The molecule has 0 atom stereocenters. The number of ether oxygens (including phenoxy) is 1. The average Bonchev–Trinajstić information content (AvgIpc) is 2.47. The molecule has 0 heterocycles. The Bertz CT molecular complexity index is 655. The van der Waals surface area contributed by atoms with Crippen molar-refractivity contribution < 1.29 is 4.74 Å². The number of nitrogens with zero attached hydrogens (tertiary/aromatic N) is 1. The largest absolute Gasteiger partial charge is 0.496 e. The normalized spacial score (nSPS) is 10.2. The highest BCUT2D eigenvalue weighted by Gasteiger charge is 2.09. The highest BCUT2D eigenvalue weighted by atomic mass is 32.1. The molecule has 3 nitrogen and oxygen atoms in total. The Labute approximate surface area is 131 Å². The van der Waals surface area contributed by atoms with Gasteiger partial charge in [0.2, 0.25) is 0 Å². The lowest BCUT2D eigenvalue weighted by Gasteiger charge is -2.22. The Hall–Kier alpha value is -2.07. The van der Waals surface area contributed by atoms with Crippen LogP contribution in [0.1, 0.15) is 16.7 Å². The van der Waals surface area contributed by atoms with Gasteiger partial charge in [0.05, 0.1) is 12.7 Å². The number of anilines is 1. The molecule has 0 saturated heterocycles. The zero-order valence-corrected chi connectivity index (χ0v) is 13.4. The zero-order valence-electron chi connectivity index (χ0n) is 12.6. The molecule has 0 aliphatic heterocycles. The number of aryl methyl sites for hydroxylation is 1. The third kappa shape index (κ3) is 3.52. The van der Waals surface area contributed by atoms with E-state index in [-0.39, 0.29) is 0 Å². The first-order valence-electron chi connectivity index (χ1n) is 6.76. The van der Waals surface area contributed by atoms with E-state index in [1.165, 1.54) is 11.3 Å². The van der Waals surface area contributed by atoms with Gasteiger partial charge in [-0.05, 0) is 36.2 Å². The standard InChI is InChI=1S/C17H20N2OS/c1-12-6-4-5-7-15(12)19(2)11-13-8-9-16(20-3)14(10-13)17(18)21/h4-10H,11H2,1-3H3,(H2,18,21). The van der Waals surface area contributed by atoms with Gasteiger partial charge in [-0.1, -0.05) is 36.5 Å². The summed E-state index contributed by atoms with van der Waals surface area (Å²) in [6.07, 6.45) is 0. The molecule has 0 spiro atoms. The van der Waals surface area contributed by atoms with Crippen LogP contribution in [0.25, 0.3) is 0 Å². The molecule has 0 aliphatic carbocycles. The molecule has 2 aromatic carbocycles. The molecule has 2 aromatic rings. The summed E-state index contributed by atoms with van der Waals surface area (Å²) >= 11 is 5.09. The maximum atomic E-state index is 5.76. The molecule has 110 valence electrons. The number of thiocarbonyl (C=S) groups is 1. The summed E-state index contributed by atoms with van der Waals surface area (Å²) in [5.74, 6) is 0.713. The SMILES string of the molecule is COc1ccc(CN(C)c2ccccc2C)cc1C(N)=S. The minimum absolute atomic E-state index is 0.354. The van der Waals surface area contributed by atoms with Crippen molar-refractivity contribution in [3.8, 4) is 5.75 Å². The van der Waals surface area contributed by atoms with Crippen LogP contribution in [0.3, 0.4) is 0 Å². The number of para-hydroxylation sites is 1. The molecular weight excluding hydrogens is 280 g/mol. The number of nitrogens with two attached hydrogens (primary N) is 1. The summed E-state index contributed by atoms with van der Waals surface area (Å²) in [5, 5.41) is 0. The number of hydrogen-bond donors (Lipinski definition) is 1. The van der Waals surface area contributed by atoms with E-state index in [0.717, 1.165) is 17.7 Å². The van der Waals surface area contributed by atoms with Gasteiger partial charge in [-0.2, -0.15) is 0 Å². The molecule has 0 aliphatic rings. The molecule has 21 heavy (non-hydrogen) atoms. The summed E-state index contributed by atoms with van der Waals surface area (Å²) < 4.78 is 5.29. The fraction of sp³-hybridized carbons (Fsp3) is 0.235. The minimum atomic E-state index is 0.354. The molecule has 2 rings (SSSR count). The van der Waals surface area contributed by atoms with Crippen LogP contribution in [-0.2, 0) is 6.54 Å². The molecule has 4 heteroatoms. The summed E-state index contributed by atoms with van der Waals surface area (Å²) in [4.78, 5) is 2.56. The van der Waals surface area contributed by atoms with Crippen LogP contribution in [-0.4, -0.2) is 19.1 Å². The van der Waals surface area contributed by atoms with Crippen LogP contribution in [0, 0.1) is 6.92 Å². The van der Waals surface area contributed by atoms with E-state index in [2.05, 4.69) is 31.0 Å². The van der Waals surface area contributed by atoms with Gasteiger partial charge < -0.3 is 15.4 Å². The van der Waals surface area contributed by atoms with Crippen molar-refractivity contribution in [2.24, 2.45) is 5.73 Å². The number of methoxy groups -OCH3 is 1. The van der Waals surface area contributed by atoms with Crippen LogP contribution < -0.4 is 15.4 Å². The Morgan fingerprint density at radius 1 is 1.24 bits per heavy atom. The third-order valence-electron chi connectivity index (χ3n) is 3.48. The minimum Gasteiger partial charge on any atom is -0.496 e. The van der Waals surface area contributed by atoms with Crippen LogP contribution in [0.4, 0.5) is 5.69 Å². The van der Waals surface area contributed by atoms with Crippen molar-refractivity contribution in [2.75, 3.05) is 19.1 Å². The zero-order chi connectivity index (χ0) is 15.4. The van der Waals surface area contributed by atoms with E-state index in [1.54, 1.807) is 7.11 Å². The maximum absolute atomic E-state index is 5.76.